The Bertz CT molecular complexity index is 363. The maximum Gasteiger partial charge on any atom is 0.239 e. The van der Waals surface area contributed by atoms with Gasteiger partial charge in [0.1, 0.15) is 0 Å². The molecule has 1 unspecified atom stereocenters. The summed E-state index contributed by atoms with van der Waals surface area (Å²) in [7, 11) is 3.20. The second kappa shape index (κ2) is 3.67. The lowest BCUT2D eigenvalue weighted by Crippen LogP contribution is -2.34. The van der Waals surface area contributed by atoms with Crippen LogP contribution in [0.5, 0.6) is 0 Å². The number of methoxy groups -OCH3 is 2. The molecule has 0 saturated carbocycles. The predicted molar refractivity (Wildman–Crippen MR) is 55.0 cm³/mol. The summed E-state index contributed by atoms with van der Waals surface area (Å²) in [5.41, 5.74) is 1.83. The summed E-state index contributed by atoms with van der Waals surface area (Å²) in [6, 6.07) is 7.76. The molecule has 1 aromatic carbocycles. The highest BCUT2D eigenvalue weighted by Crippen LogP contribution is 2.29. The van der Waals surface area contributed by atoms with Crippen molar-refractivity contribution in [3.63, 3.8) is 0 Å². The van der Waals surface area contributed by atoms with Crippen LogP contribution < -0.4 is 5.32 Å². The molecule has 0 aliphatic carbocycles. The highest BCUT2D eigenvalue weighted by molar-refractivity contribution is 5.91. The van der Waals surface area contributed by atoms with Gasteiger partial charge in [0.05, 0.1) is 18.5 Å². The second-order valence-corrected chi connectivity index (χ2v) is 2.93. The molecule has 1 N–H and O–H groups in total. The summed E-state index contributed by atoms with van der Waals surface area (Å²) in [5.74, 6) is 0.547. The Labute approximate surface area is 82.6 Å². The van der Waals surface area contributed by atoms with Crippen LogP contribution in [0.3, 0.4) is 0 Å². The Balaban J connectivity index is 2.39. The number of anilines is 1. The molecule has 0 amide bonds. The first kappa shape index (κ1) is 9.02. The Morgan fingerprint density at radius 2 is 2.07 bits per heavy atom. The summed E-state index contributed by atoms with van der Waals surface area (Å²) in [5, 5.41) is 3.17. The first-order valence-corrected chi connectivity index (χ1v) is 4.36. The van der Waals surface area contributed by atoms with E-state index in [-0.39, 0.29) is 6.23 Å². The summed E-state index contributed by atoms with van der Waals surface area (Å²) >= 11 is 0. The van der Waals surface area contributed by atoms with Gasteiger partial charge in [-0.15, -0.1) is 0 Å². The zero-order valence-corrected chi connectivity index (χ0v) is 8.15. The zero-order chi connectivity index (χ0) is 9.97. The minimum atomic E-state index is -0.296. The molecule has 0 fully saturated rings. The monoisotopic (exact) mass is 192 g/mol. The molecule has 4 nitrogen and oxygen atoms in total. The molecule has 0 spiro atoms. The molecule has 0 bridgehead atoms. The van der Waals surface area contributed by atoms with Gasteiger partial charge in [0, 0.05) is 7.11 Å². The van der Waals surface area contributed by atoms with Crippen molar-refractivity contribution in [2.75, 3.05) is 19.5 Å². The number of rotatable bonds is 1. The lowest BCUT2D eigenvalue weighted by atomic mass is 10.2. The quantitative estimate of drug-likeness (QED) is 0.737. The van der Waals surface area contributed by atoms with Crippen molar-refractivity contribution >= 4 is 17.3 Å². The van der Waals surface area contributed by atoms with Crippen molar-refractivity contribution in [2.24, 2.45) is 4.99 Å². The van der Waals surface area contributed by atoms with Crippen molar-refractivity contribution in [3.05, 3.63) is 24.3 Å². The van der Waals surface area contributed by atoms with Crippen LogP contribution in [0.25, 0.3) is 0 Å². The Kier molecular flexibility index (Phi) is 2.37. The normalized spacial score (nSPS) is 19.3. The number of ether oxygens (including phenoxy) is 2. The van der Waals surface area contributed by atoms with Gasteiger partial charge in [0.2, 0.25) is 12.1 Å². The summed E-state index contributed by atoms with van der Waals surface area (Å²) in [6.07, 6.45) is -0.296. The molecule has 1 aliphatic rings. The molecule has 2 rings (SSSR count). The van der Waals surface area contributed by atoms with E-state index in [0.29, 0.717) is 5.90 Å². The number of nitrogens with one attached hydrogen (secondary N) is 1. The average Bonchev–Trinajstić information content (AvgIpc) is 2.27. The molecule has 4 heteroatoms. The fourth-order valence-corrected chi connectivity index (χ4v) is 1.39. The fourth-order valence-electron chi connectivity index (χ4n) is 1.39. The lowest BCUT2D eigenvalue weighted by molar-refractivity contribution is 0.152. The van der Waals surface area contributed by atoms with Crippen LogP contribution in [0.15, 0.2) is 29.3 Å². The Hall–Kier alpha value is -1.55. The van der Waals surface area contributed by atoms with Crippen molar-refractivity contribution in [2.45, 2.75) is 6.23 Å². The molecule has 74 valence electrons. The minimum absolute atomic E-state index is 0.296. The summed E-state index contributed by atoms with van der Waals surface area (Å²) in [4.78, 5) is 4.32. The second-order valence-electron chi connectivity index (χ2n) is 2.93. The van der Waals surface area contributed by atoms with Crippen molar-refractivity contribution in [1.29, 1.82) is 0 Å². The van der Waals surface area contributed by atoms with E-state index in [1.165, 1.54) is 0 Å². The highest BCUT2D eigenvalue weighted by atomic mass is 16.5. The van der Waals surface area contributed by atoms with E-state index in [0.717, 1.165) is 11.4 Å². The van der Waals surface area contributed by atoms with Gasteiger partial charge < -0.3 is 14.8 Å². The van der Waals surface area contributed by atoms with Crippen LogP contribution in [0.1, 0.15) is 0 Å². The maximum absolute atomic E-state index is 5.18. The standard InChI is InChI=1S/C10H12N2O2/c1-13-9-10(14-2)12-8-6-4-3-5-7(8)11-9/h3-6,9,11H,1-2H3. The third-order valence-corrected chi connectivity index (χ3v) is 2.09. The molecular formula is C10H12N2O2. The van der Waals surface area contributed by atoms with Gasteiger partial charge in [-0.25, -0.2) is 4.99 Å². The van der Waals surface area contributed by atoms with E-state index >= 15 is 0 Å². The zero-order valence-electron chi connectivity index (χ0n) is 8.15. The van der Waals surface area contributed by atoms with Gasteiger partial charge in [-0.1, -0.05) is 12.1 Å². The van der Waals surface area contributed by atoms with E-state index in [1.54, 1.807) is 14.2 Å². The minimum Gasteiger partial charge on any atom is -0.481 e. The van der Waals surface area contributed by atoms with Gasteiger partial charge in [0.25, 0.3) is 0 Å². The number of aliphatic imine (C=N–C) groups is 1. The van der Waals surface area contributed by atoms with Crippen LogP contribution in [0.4, 0.5) is 11.4 Å². The van der Waals surface area contributed by atoms with E-state index < -0.39 is 0 Å². The van der Waals surface area contributed by atoms with Crippen LogP contribution in [0.2, 0.25) is 0 Å². The number of fused-ring (bicyclic) bond motifs is 1. The number of para-hydroxylation sites is 2. The van der Waals surface area contributed by atoms with Gasteiger partial charge >= 0.3 is 0 Å². The van der Waals surface area contributed by atoms with Crippen LogP contribution in [0, 0.1) is 0 Å². The van der Waals surface area contributed by atoms with E-state index in [1.807, 2.05) is 24.3 Å². The Morgan fingerprint density at radius 3 is 2.79 bits per heavy atom. The summed E-state index contributed by atoms with van der Waals surface area (Å²) in [6.45, 7) is 0. The molecular weight excluding hydrogens is 180 g/mol. The molecule has 1 aliphatic heterocycles. The fraction of sp³-hybridized carbons (Fsp3) is 0.300. The highest BCUT2D eigenvalue weighted by Gasteiger charge is 2.22. The van der Waals surface area contributed by atoms with E-state index in [4.69, 9.17) is 9.47 Å². The van der Waals surface area contributed by atoms with Crippen LogP contribution in [-0.2, 0) is 9.47 Å². The molecule has 0 radical (unpaired) electrons. The van der Waals surface area contributed by atoms with Crippen LogP contribution >= 0.6 is 0 Å². The van der Waals surface area contributed by atoms with E-state index in [2.05, 4.69) is 10.3 Å². The van der Waals surface area contributed by atoms with Gasteiger partial charge in [0.15, 0.2) is 0 Å². The van der Waals surface area contributed by atoms with Gasteiger partial charge in [-0.3, -0.25) is 0 Å². The van der Waals surface area contributed by atoms with Gasteiger partial charge in [-0.2, -0.15) is 0 Å². The molecule has 0 saturated heterocycles. The molecule has 1 heterocycles. The van der Waals surface area contributed by atoms with Crippen molar-refractivity contribution in [1.82, 2.24) is 0 Å². The average molecular weight is 192 g/mol. The largest absolute Gasteiger partial charge is 0.481 e. The molecule has 0 aromatic heterocycles. The van der Waals surface area contributed by atoms with Gasteiger partial charge in [-0.05, 0) is 12.1 Å². The SMILES string of the molecule is COC1=Nc2ccccc2NC1OC. The first-order valence-electron chi connectivity index (χ1n) is 4.36. The Morgan fingerprint density at radius 1 is 1.29 bits per heavy atom. The maximum atomic E-state index is 5.18. The number of nitrogens with zero attached hydrogens (tertiary/aromatic N) is 1. The molecule has 1 aromatic rings. The predicted octanol–water partition coefficient (Wildman–Crippen LogP) is 1.76. The smallest absolute Gasteiger partial charge is 0.239 e. The van der Waals surface area contributed by atoms with Crippen LogP contribution in [-0.4, -0.2) is 26.3 Å². The third kappa shape index (κ3) is 1.44. The topological polar surface area (TPSA) is 42.8 Å². The number of benzene rings is 1. The lowest BCUT2D eigenvalue weighted by Gasteiger charge is -2.24. The number of hydrogen-bond acceptors (Lipinski definition) is 4. The molecule has 14 heavy (non-hydrogen) atoms. The van der Waals surface area contributed by atoms with E-state index in [9.17, 15) is 0 Å². The third-order valence-electron chi connectivity index (χ3n) is 2.09. The number of hydrogen-bond donors (Lipinski definition) is 1. The molecule has 1 atom stereocenters. The first-order chi connectivity index (χ1) is 6.85. The summed E-state index contributed by atoms with van der Waals surface area (Å²) < 4.78 is 10.3. The van der Waals surface area contributed by atoms with Crippen molar-refractivity contribution in [3.8, 4) is 0 Å². The van der Waals surface area contributed by atoms with Crippen molar-refractivity contribution < 1.29 is 9.47 Å².